The second kappa shape index (κ2) is 5.16. The molecular weight excluding hydrogens is 268 g/mol. The Balaban J connectivity index is 2.20. The minimum Gasteiger partial charge on any atom is -0.369 e. The summed E-state index contributed by atoms with van der Waals surface area (Å²) in [4.78, 5) is 25.9. The zero-order valence-corrected chi connectivity index (χ0v) is 11.1. The molecule has 2 heterocycles. The van der Waals surface area contributed by atoms with Gasteiger partial charge in [0, 0.05) is 29.1 Å². The third kappa shape index (κ3) is 2.51. The molecule has 6 heteroatoms. The quantitative estimate of drug-likeness (QED) is 0.528. The molecule has 1 amide bonds. The second-order valence-electron chi connectivity index (χ2n) is 4.71. The van der Waals surface area contributed by atoms with Crippen LogP contribution in [-0.2, 0) is 4.79 Å². The molecule has 0 bridgehead atoms. The summed E-state index contributed by atoms with van der Waals surface area (Å²) in [6.45, 7) is 0. The predicted molar refractivity (Wildman–Crippen MR) is 80.8 cm³/mol. The zero-order valence-electron chi connectivity index (χ0n) is 11.1. The van der Waals surface area contributed by atoms with Gasteiger partial charge in [0.15, 0.2) is 0 Å². The molecule has 0 unspecified atom stereocenters. The molecule has 2 aromatic heterocycles. The Bertz CT molecular complexity index is 975. The van der Waals surface area contributed by atoms with Crippen LogP contribution in [0.4, 0.5) is 0 Å². The van der Waals surface area contributed by atoms with Crippen LogP contribution < -0.4 is 21.9 Å². The first-order valence-corrected chi connectivity index (χ1v) is 6.48. The number of aromatic nitrogens is 3. The number of rotatable bonds is 3. The van der Waals surface area contributed by atoms with E-state index in [9.17, 15) is 9.59 Å². The third-order valence-corrected chi connectivity index (χ3v) is 3.27. The molecule has 6 nitrogen and oxygen atoms in total. The summed E-state index contributed by atoms with van der Waals surface area (Å²) >= 11 is 0. The Hall–Kier alpha value is -3.02. The van der Waals surface area contributed by atoms with Crippen LogP contribution in [0.3, 0.4) is 0 Å². The highest BCUT2D eigenvalue weighted by molar-refractivity contribution is 5.88. The molecular formula is C15H14N4O2. The van der Waals surface area contributed by atoms with Crippen LogP contribution in [0, 0.1) is 0 Å². The number of nitrogens with one attached hydrogen (secondary N) is 3. The summed E-state index contributed by atoms with van der Waals surface area (Å²) in [6, 6.07) is 7.83. The van der Waals surface area contributed by atoms with Crippen LogP contribution >= 0.6 is 0 Å². The Morgan fingerprint density at radius 1 is 1.24 bits per heavy atom. The number of para-hydroxylation sites is 1. The molecule has 0 fully saturated rings. The van der Waals surface area contributed by atoms with Gasteiger partial charge in [0.25, 0.3) is 5.56 Å². The van der Waals surface area contributed by atoms with Gasteiger partial charge in [-0.15, -0.1) is 0 Å². The first-order chi connectivity index (χ1) is 10.1. The van der Waals surface area contributed by atoms with E-state index in [0.717, 1.165) is 16.5 Å². The van der Waals surface area contributed by atoms with Crippen LogP contribution in [0.5, 0.6) is 0 Å². The van der Waals surface area contributed by atoms with Crippen molar-refractivity contribution in [2.45, 2.75) is 6.42 Å². The zero-order chi connectivity index (χ0) is 14.8. The summed E-state index contributed by atoms with van der Waals surface area (Å²) in [5.41, 5.74) is 6.79. The van der Waals surface area contributed by atoms with Crippen LogP contribution in [0.1, 0.15) is 12.0 Å². The van der Waals surface area contributed by atoms with E-state index in [2.05, 4.69) is 15.2 Å². The standard InChI is InChI=1S/C15H14N4O2/c16-14(20)6-5-13-11(15(21)19-18-13)7-9-8-17-12-4-2-1-3-10(9)12/h1-5,7-8,17-18H,6H2,(H2,16,20)(H,19,21). The van der Waals surface area contributed by atoms with Crippen molar-refractivity contribution in [2.24, 2.45) is 5.73 Å². The lowest BCUT2D eigenvalue weighted by Gasteiger charge is -1.89. The van der Waals surface area contributed by atoms with Crippen molar-refractivity contribution in [3.05, 3.63) is 56.9 Å². The second-order valence-corrected chi connectivity index (χ2v) is 4.71. The lowest BCUT2D eigenvalue weighted by Crippen LogP contribution is -2.33. The molecule has 3 aromatic rings. The Labute approximate surface area is 119 Å². The van der Waals surface area contributed by atoms with Gasteiger partial charge in [0.1, 0.15) is 0 Å². The molecule has 1 aromatic carbocycles. The molecule has 0 atom stereocenters. The van der Waals surface area contributed by atoms with Gasteiger partial charge < -0.3 is 10.7 Å². The number of primary amides is 1. The smallest absolute Gasteiger partial charge is 0.271 e. The van der Waals surface area contributed by atoms with Crippen molar-refractivity contribution in [2.75, 3.05) is 0 Å². The lowest BCUT2D eigenvalue weighted by atomic mass is 10.1. The molecule has 0 radical (unpaired) electrons. The van der Waals surface area contributed by atoms with Crippen molar-refractivity contribution >= 4 is 29.0 Å². The molecule has 0 aliphatic rings. The van der Waals surface area contributed by atoms with E-state index in [1.54, 1.807) is 12.2 Å². The number of benzene rings is 1. The summed E-state index contributed by atoms with van der Waals surface area (Å²) < 4.78 is 0. The highest BCUT2D eigenvalue weighted by Gasteiger charge is 2.02. The first-order valence-electron chi connectivity index (χ1n) is 6.48. The monoisotopic (exact) mass is 282 g/mol. The average molecular weight is 282 g/mol. The van der Waals surface area contributed by atoms with E-state index >= 15 is 0 Å². The number of fused-ring (bicyclic) bond motifs is 1. The molecule has 3 rings (SSSR count). The largest absolute Gasteiger partial charge is 0.369 e. The molecule has 0 aliphatic heterocycles. The van der Waals surface area contributed by atoms with Crippen molar-refractivity contribution < 1.29 is 4.79 Å². The molecule has 5 N–H and O–H groups in total. The van der Waals surface area contributed by atoms with Crippen LogP contribution in [0.25, 0.3) is 23.1 Å². The van der Waals surface area contributed by atoms with Gasteiger partial charge in [-0.3, -0.25) is 19.8 Å². The molecule has 0 saturated heterocycles. The fourth-order valence-electron chi connectivity index (χ4n) is 2.26. The molecule has 106 valence electrons. The van der Waals surface area contributed by atoms with E-state index in [0.29, 0.717) is 10.6 Å². The van der Waals surface area contributed by atoms with Gasteiger partial charge >= 0.3 is 0 Å². The average Bonchev–Trinajstić information content (AvgIpc) is 3.03. The number of carbonyl (C=O) groups is 1. The fourth-order valence-corrected chi connectivity index (χ4v) is 2.26. The summed E-state index contributed by atoms with van der Waals surface area (Å²) in [7, 11) is 0. The fraction of sp³-hybridized carbons (Fsp3) is 0.0667. The Morgan fingerprint density at radius 3 is 2.86 bits per heavy atom. The van der Waals surface area contributed by atoms with Gasteiger partial charge in [-0.25, -0.2) is 0 Å². The van der Waals surface area contributed by atoms with Crippen molar-refractivity contribution in [3.8, 4) is 0 Å². The van der Waals surface area contributed by atoms with Gasteiger partial charge in [-0.1, -0.05) is 18.2 Å². The Morgan fingerprint density at radius 2 is 2.05 bits per heavy atom. The first kappa shape index (κ1) is 13.0. The number of carbonyl (C=O) groups excluding carboxylic acids is 1. The van der Waals surface area contributed by atoms with Crippen molar-refractivity contribution in [1.82, 2.24) is 15.2 Å². The van der Waals surface area contributed by atoms with E-state index in [1.165, 1.54) is 0 Å². The van der Waals surface area contributed by atoms with Crippen LogP contribution in [-0.4, -0.2) is 21.1 Å². The van der Waals surface area contributed by atoms with E-state index in [-0.39, 0.29) is 12.0 Å². The predicted octanol–water partition coefficient (Wildman–Crippen LogP) is -0.331. The summed E-state index contributed by atoms with van der Waals surface area (Å²) in [5.74, 6) is -0.449. The summed E-state index contributed by atoms with van der Waals surface area (Å²) in [5, 5.41) is 7.32. The van der Waals surface area contributed by atoms with Crippen molar-refractivity contribution in [3.63, 3.8) is 0 Å². The lowest BCUT2D eigenvalue weighted by molar-refractivity contribution is -0.116. The highest BCUT2D eigenvalue weighted by atomic mass is 16.1. The number of hydrogen-bond acceptors (Lipinski definition) is 2. The Kier molecular flexibility index (Phi) is 3.19. The van der Waals surface area contributed by atoms with Crippen LogP contribution in [0.2, 0.25) is 0 Å². The number of hydrogen-bond donors (Lipinski definition) is 4. The van der Waals surface area contributed by atoms with E-state index in [1.807, 2.05) is 30.5 Å². The SMILES string of the molecule is NC(=O)CC=c1[nH][nH]c(=O)c1=Cc1c[nH]c2ccccc12. The molecule has 0 spiro atoms. The number of nitrogens with two attached hydrogens (primary N) is 1. The van der Waals surface area contributed by atoms with Gasteiger partial charge in [-0.2, -0.15) is 0 Å². The third-order valence-electron chi connectivity index (χ3n) is 3.27. The van der Waals surface area contributed by atoms with Crippen LogP contribution in [0.15, 0.2) is 35.3 Å². The van der Waals surface area contributed by atoms with Gasteiger partial charge in [0.2, 0.25) is 5.91 Å². The number of H-pyrrole nitrogens is 3. The maximum absolute atomic E-state index is 11.9. The number of amides is 1. The van der Waals surface area contributed by atoms with Gasteiger partial charge in [0.05, 0.1) is 10.6 Å². The normalized spacial score (nSPS) is 13.1. The molecule has 0 aliphatic carbocycles. The van der Waals surface area contributed by atoms with E-state index < -0.39 is 5.91 Å². The molecule has 0 saturated carbocycles. The minimum absolute atomic E-state index is 0.0719. The highest BCUT2D eigenvalue weighted by Crippen LogP contribution is 2.17. The van der Waals surface area contributed by atoms with Gasteiger partial charge in [-0.05, 0) is 18.2 Å². The molecule has 21 heavy (non-hydrogen) atoms. The minimum atomic E-state index is -0.449. The van der Waals surface area contributed by atoms with E-state index in [4.69, 9.17) is 5.73 Å². The number of aromatic amines is 3. The topological polar surface area (TPSA) is 108 Å². The van der Waals surface area contributed by atoms with Crippen molar-refractivity contribution in [1.29, 1.82) is 0 Å². The summed E-state index contributed by atoms with van der Waals surface area (Å²) in [6.07, 6.45) is 5.29. The maximum Gasteiger partial charge on any atom is 0.271 e. The maximum atomic E-state index is 11.9.